The quantitative estimate of drug-likeness (QED) is 0.0268. The molecule has 25 heteroatoms. The number of nitrogens with one attached hydrogen (secondary N) is 6. The third kappa shape index (κ3) is 20.9. The van der Waals surface area contributed by atoms with Crippen LogP contribution in [0.1, 0.15) is 123 Å². The summed E-state index contributed by atoms with van der Waals surface area (Å²) >= 11 is 0. The number of hydrogen-bond acceptors (Lipinski definition) is 16. The van der Waals surface area contributed by atoms with E-state index < -0.39 is 72.1 Å². The van der Waals surface area contributed by atoms with Crippen LogP contribution in [0.3, 0.4) is 0 Å². The van der Waals surface area contributed by atoms with Crippen LogP contribution in [0.2, 0.25) is 0 Å². The van der Waals surface area contributed by atoms with Gasteiger partial charge in [-0.05, 0) is 116 Å². The van der Waals surface area contributed by atoms with E-state index in [4.69, 9.17) is 39.9 Å². The highest BCUT2D eigenvalue weighted by atomic mass is 16.6. The average molecular weight is 1160 g/mol. The van der Waals surface area contributed by atoms with Gasteiger partial charge in [-0.2, -0.15) is 0 Å². The molecular formula is C57H89N9O16. The number of carbonyl (C=O) groups excluding carboxylic acids is 8. The van der Waals surface area contributed by atoms with Gasteiger partial charge < -0.3 is 76.9 Å². The monoisotopic (exact) mass is 1160 g/mol. The lowest BCUT2D eigenvalue weighted by molar-refractivity contribution is -0.146. The van der Waals surface area contributed by atoms with Gasteiger partial charge in [0.1, 0.15) is 43.5 Å². The molecule has 458 valence electrons. The molecule has 4 aliphatic carbocycles. The van der Waals surface area contributed by atoms with E-state index in [0.717, 1.165) is 44.9 Å². The summed E-state index contributed by atoms with van der Waals surface area (Å²) in [5.74, 6) is -2.74. The molecular weight excluding hydrogens is 1070 g/mol. The Balaban J connectivity index is 1.05. The summed E-state index contributed by atoms with van der Waals surface area (Å²) in [6.45, 7) is 10.3. The number of ether oxygens (including phenoxy) is 6. The second-order valence-corrected chi connectivity index (χ2v) is 22.5. The van der Waals surface area contributed by atoms with Crippen molar-refractivity contribution in [2.24, 2.45) is 56.9 Å². The van der Waals surface area contributed by atoms with Gasteiger partial charge in [-0.3, -0.25) is 33.6 Å². The lowest BCUT2D eigenvalue weighted by Gasteiger charge is -2.60. The number of hydrogen-bond donors (Lipinski definition) is 9. The summed E-state index contributed by atoms with van der Waals surface area (Å²) in [5, 5.41) is 24.8. The van der Waals surface area contributed by atoms with Crippen LogP contribution in [0.4, 0.5) is 15.3 Å². The van der Waals surface area contributed by atoms with Gasteiger partial charge in [-0.15, -0.1) is 0 Å². The van der Waals surface area contributed by atoms with Crippen LogP contribution in [0.25, 0.3) is 0 Å². The van der Waals surface area contributed by atoms with Crippen LogP contribution >= 0.6 is 0 Å². The van der Waals surface area contributed by atoms with E-state index in [2.05, 4.69) is 50.7 Å². The van der Waals surface area contributed by atoms with Crippen LogP contribution in [0.5, 0.6) is 0 Å². The molecule has 11 N–H and O–H groups in total. The number of carbonyl (C=O) groups is 9. The zero-order valence-electron chi connectivity index (χ0n) is 48.2. The molecule has 5 rings (SSSR count). The maximum Gasteiger partial charge on any atom is 0.407 e. The number of aliphatic carboxylic acids is 1. The smallest absolute Gasteiger partial charge is 0.407 e. The number of anilines is 1. The maximum atomic E-state index is 13.8. The first-order valence-corrected chi connectivity index (χ1v) is 28.9. The first-order chi connectivity index (χ1) is 39.2. The molecule has 3 unspecified atom stereocenters. The summed E-state index contributed by atoms with van der Waals surface area (Å²) in [6, 6.07) is 2.88. The molecule has 0 aromatic heterocycles. The first kappa shape index (κ1) is 66.7. The van der Waals surface area contributed by atoms with E-state index >= 15 is 0 Å². The molecule has 0 aliphatic heterocycles. The Hall–Kier alpha value is -6.12. The average Bonchev–Trinajstić information content (AvgIpc) is 3.76. The van der Waals surface area contributed by atoms with Gasteiger partial charge in [-0.1, -0.05) is 39.8 Å². The minimum absolute atomic E-state index is 0.00209. The summed E-state index contributed by atoms with van der Waals surface area (Å²) in [6.07, 6.45) is 7.37. The number of carboxylic acids is 1. The number of carboxylic acid groups (broad SMARTS) is 1. The SMILES string of the molecule is CC(C)C(=NC(=O)[C@H](CCC(=O)O)NC(=O)CCOCCOCCOCCOCCN)C(=O)N[C@@H](CCCNC(N)=O)C(=O)Nc1ccc(COC(=O)NCC(=O)NCOC2CC[C@H]3[C@@H]4CCC5CC(=O)CCC5(C)[C@H]4CC[C@]23C)cc1. The third-order valence-corrected chi connectivity index (χ3v) is 16.7. The van der Waals surface area contributed by atoms with Crippen LogP contribution in [-0.2, 0) is 68.6 Å². The highest BCUT2D eigenvalue weighted by molar-refractivity contribution is 6.41. The lowest BCUT2D eigenvalue weighted by atomic mass is 9.45. The Morgan fingerprint density at radius 1 is 0.744 bits per heavy atom. The number of primary amides is 1. The zero-order chi connectivity index (χ0) is 59.7. The van der Waals surface area contributed by atoms with Crippen molar-refractivity contribution in [2.45, 2.75) is 142 Å². The van der Waals surface area contributed by atoms with E-state index in [9.17, 15) is 48.3 Å². The van der Waals surface area contributed by atoms with Crippen molar-refractivity contribution in [2.75, 3.05) is 84.5 Å². The largest absolute Gasteiger partial charge is 0.481 e. The number of Topliss-reactive ketones (excluding diaryl/α,β-unsaturated/α-hetero) is 1. The number of alkyl carbamates (subject to hydrolysis) is 1. The number of nitrogens with zero attached hydrogens (tertiary/aromatic N) is 1. The van der Waals surface area contributed by atoms with Crippen molar-refractivity contribution in [3.05, 3.63) is 29.8 Å². The van der Waals surface area contributed by atoms with Gasteiger partial charge in [0.25, 0.3) is 11.8 Å². The fourth-order valence-corrected chi connectivity index (χ4v) is 12.3. The number of fused-ring (bicyclic) bond motifs is 5. The highest BCUT2D eigenvalue weighted by Crippen LogP contribution is 2.66. The number of benzene rings is 1. The number of amides is 8. The summed E-state index contributed by atoms with van der Waals surface area (Å²) in [4.78, 5) is 118. The minimum atomic E-state index is -1.40. The number of aliphatic imine (C=N–C) groups is 1. The third-order valence-electron chi connectivity index (χ3n) is 16.7. The molecule has 4 fully saturated rings. The Kier molecular flexibility index (Phi) is 27.5. The Morgan fingerprint density at radius 2 is 1.41 bits per heavy atom. The molecule has 1 aromatic carbocycles. The predicted octanol–water partition coefficient (Wildman–Crippen LogP) is 3.24. The van der Waals surface area contributed by atoms with Gasteiger partial charge >= 0.3 is 18.1 Å². The van der Waals surface area contributed by atoms with Crippen molar-refractivity contribution in [1.29, 1.82) is 0 Å². The zero-order valence-corrected chi connectivity index (χ0v) is 48.2. The van der Waals surface area contributed by atoms with Crippen LogP contribution in [0, 0.1) is 40.4 Å². The Morgan fingerprint density at radius 3 is 2.07 bits per heavy atom. The second kappa shape index (κ2) is 33.9. The van der Waals surface area contributed by atoms with Gasteiger partial charge in [0.05, 0.1) is 59.0 Å². The molecule has 8 amide bonds. The minimum Gasteiger partial charge on any atom is -0.481 e. The lowest BCUT2D eigenvalue weighted by Crippen LogP contribution is -2.54. The molecule has 0 heterocycles. The first-order valence-electron chi connectivity index (χ1n) is 28.9. The fourth-order valence-electron chi connectivity index (χ4n) is 12.3. The summed E-state index contributed by atoms with van der Waals surface area (Å²) in [5.41, 5.74) is 11.4. The van der Waals surface area contributed by atoms with Crippen LogP contribution in [-0.4, -0.2) is 162 Å². The van der Waals surface area contributed by atoms with Crippen molar-refractivity contribution in [3.8, 4) is 0 Å². The van der Waals surface area contributed by atoms with Gasteiger partial charge in [0, 0.05) is 50.4 Å². The van der Waals surface area contributed by atoms with E-state index in [1.54, 1.807) is 38.1 Å². The Labute approximate surface area is 480 Å². The summed E-state index contributed by atoms with van der Waals surface area (Å²) in [7, 11) is 0. The highest BCUT2D eigenvalue weighted by Gasteiger charge is 2.60. The molecule has 25 nitrogen and oxygen atoms in total. The Bertz CT molecular complexity index is 2340. The molecule has 82 heavy (non-hydrogen) atoms. The van der Waals surface area contributed by atoms with E-state index in [0.29, 0.717) is 86.7 Å². The molecule has 4 saturated carbocycles. The van der Waals surface area contributed by atoms with Crippen LogP contribution in [0.15, 0.2) is 29.3 Å². The second-order valence-electron chi connectivity index (χ2n) is 22.5. The van der Waals surface area contributed by atoms with Crippen molar-refractivity contribution >= 4 is 64.8 Å². The maximum absolute atomic E-state index is 13.8. The molecule has 0 radical (unpaired) electrons. The van der Waals surface area contributed by atoms with Gasteiger partial charge in [0.2, 0.25) is 17.7 Å². The van der Waals surface area contributed by atoms with E-state index in [1.165, 1.54) is 6.42 Å². The topological polar surface area (TPSA) is 366 Å². The molecule has 9 atom stereocenters. The van der Waals surface area contributed by atoms with Crippen molar-refractivity contribution in [1.82, 2.24) is 26.6 Å². The van der Waals surface area contributed by atoms with Crippen molar-refractivity contribution < 1.29 is 76.7 Å². The van der Waals surface area contributed by atoms with Crippen LogP contribution < -0.4 is 43.4 Å². The predicted molar refractivity (Wildman–Crippen MR) is 300 cm³/mol. The molecule has 0 saturated heterocycles. The molecule has 0 spiro atoms. The van der Waals surface area contributed by atoms with E-state index in [1.807, 2.05) is 0 Å². The molecule has 4 aliphatic rings. The summed E-state index contributed by atoms with van der Waals surface area (Å²) < 4.78 is 33.1. The molecule has 1 aromatic rings. The number of rotatable bonds is 35. The van der Waals surface area contributed by atoms with Crippen molar-refractivity contribution in [3.63, 3.8) is 0 Å². The number of nitrogens with two attached hydrogens (primary N) is 2. The van der Waals surface area contributed by atoms with Gasteiger partial charge in [-0.25, -0.2) is 14.6 Å². The normalized spacial score (nSPS) is 23.7. The fraction of sp³-hybridized carbons (Fsp3) is 0.719. The number of urea groups is 1. The molecule has 0 bridgehead atoms. The number of ketones is 1. The van der Waals surface area contributed by atoms with E-state index in [-0.39, 0.29) is 94.6 Å². The standard InChI is InChI=1S/C57H89N9O16/c1-36(2)50(66-52(73)45(14-16-49(70)71)64-47(68)19-24-77-26-28-79-30-31-80-29-27-78-25-22-58)53(74)65-44(6-5-23-60-54(59)75)51(72)63-39-10-7-37(8-11-39)34-81-55(76)61-33-48(69)62-35-82-46-15-13-42-41-12-9-38-32-40(67)17-20-56(38,3)43(41)18-21-57(42,46)4/h7-8,10-11,36,38,41-46H,5-6,9,12-35,58H2,1-4H3,(H,61,76)(H,62,69)(H,63,72)(H,64,68)(H,65,74)(H,70,71)(H3,59,60,75)/t38?,41-,42-,43-,44-,45-,46?,56?,57-/m0/s1. The van der Waals surface area contributed by atoms with Gasteiger partial charge in [0.15, 0.2) is 0 Å².